The maximum atomic E-state index is 10.2. The number of phenolic OH excluding ortho intramolecular Hbond substituents is 2. The molecule has 28 heavy (non-hydrogen) atoms. The number of aryl methyl sites for hydroxylation is 1. The SMILES string of the molecule is COc1cc(CCC(O)CC(O)C(O)Cc2ccc(O)cc2)cc(OC)c1O. The van der Waals surface area contributed by atoms with Gasteiger partial charge in [-0.15, -0.1) is 0 Å². The van der Waals surface area contributed by atoms with Gasteiger partial charge in [-0.1, -0.05) is 12.1 Å². The maximum absolute atomic E-state index is 10.2. The quantitative estimate of drug-likeness (QED) is 0.418. The Hall–Kier alpha value is -2.48. The van der Waals surface area contributed by atoms with E-state index in [1.165, 1.54) is 26.4 Å². The van der Waals surface area contributed by atoms with Gasteiger partial charge >= 0.3 is 0 Å². The average molecular weight is 392 g/mol. The van der Waals surface area contributed by atoms with E-state index in [2.05, 4.69) is 0 Å². The van der Waals surface area contributed by atoms with Gasteiger partial charge < -0.3 is 35.0 Å². The highest BCUT2D eigenvalue weighted by Gasteiger charge is 2.21. The fourth-order valence-electron chi connectivity index (χ4n) is 2.99. The van der Waals surface area contributed by atoms with E-state index in [0.717, 1.165) is 11.1 Å². The summed E-state index contributed by atoms with van der Waals surface area (Å²) in [5.41, 5.74) is 1.59. The third-order valence-corrected chi connectivity index (χ3v) is 4.64. The smallest absolute Gasteiger partial charge is 0.200 e. The average Bonchev–Trinajstić information content (AvgIpc) is 2.68. The third kappa shape index (κ3) is 6.02. The minimum absolute atomic E-state index is 0.0333. The molecular weight excluding hydrogens is 364 g/mol. The standard InChI is InChI=1S/C21H28O7/c1-27-19-10-14(11-20(28-2)21(19)26)5-8-16(23)12-18(25)17(24)9-13-3-6-15(22)7-4-13/h3-4,6-7,10-11,16-18,22-26H,5,8-9,12H2,1-2H3. The van der Waals surface area contributed by atoms with Gasteiger partial charge in [0.25, 0.3) is 0 Å². The van der Waals surface area contributed by atoms with Crippen LogP contribution in [0.5, 0.6) is 23.0 Å². The van der Waals surface area contributed by atoms with Crippen LogP contribution in [0.2, 0.25) is 0 Å². The Morgan fingerprint density at radius 3 is 1.93 bits per heavy atom. The zero-order valence-corrected chi connectivity index (χ0v) is 16.1. The van der Waals surface area contributed by atoms with Gasteiger partial charge in [0.2, 0.25) is 5.75 Å². The molecular formula is C21H28O7. The van der Waals surface area contributed by atoms with E-state index in [9.17, 15) is 25.5 Å². The second-order valence-corrected chi connectivity index (χ2v) is 6.78. The molecule has 2 aromatic rings. The number of aliphatic hydroxyl groups excluding tert-OH is 3. The summed E-state index contributed by atoms with van der Waals surface area (Å²) < 4.78 is 10.2. The number of hydrogen-bond acceptors (Lipinski definition) is 7. The molecule has 0 amide bonds. The molecule has 0 saturated heterocycles. The van der Waals surface area contributed by atoms with Gasteiger partial charge in [0.15, 0.2) is 11.5 Å². The van der Waals surface area contributed by atoms with E-state index in [-0.39, 0.29) is 35.8 Å². The lowest BCUT2D eigenvalue weighted by molar-refractivity contribution is -0.0128. The maximum Gasteiger partial charge on any atom is 0.200 e. The predicted molar refractivity (Wildman–Crippen MR) is 104 cm³/mol. The number of aromatic hydroxyl groups is 2. The van der Waals surface area contributed by atoms with Gasteiger partial charge in [-0.3, -0.25) is 0 Å². The Labute approximate surface area is 164 Å². The number of aliphatic hydroxyl groups is 3. The number of ether oxygens (including phenoxy) is 2. The van der Waals surface area contributed by atoms with Crippen molar-refractivity contribution in [3.8, 4) is 23.0 Å². The molecule has 0 bridgehead atoms. The number of hydrogen-bond donors (Lipinski definition) is 5. The molecule has 3 unspecified atom stereocenters. The fraction of sp³-hybridized carbons (Fsp3) is 0.429. The molecule has 3 atom stereocenters. The Morgan fingerprint density at radius 1 is 0.821 bits per heavy atom. The first-order valence-electron chi connectivity index (χ1n) is 9.10. The number of benzene rings is 2. The highest BCUT2D eigenvalue weighted by molar-refractivity contribution is 5.52. The summed E-state index contributed by atoms with van der Waals surface area (Å²) in [4.78, 5) is 0. The van der Waals surface area contributed by atoms with E-state index in [0.29, 0.717) is 12.8 Å². The molecule has 2 aromatic carbocycles. The molecule has 7 heteroatoms. The van der Waals surface area contributed by atoms with E-state index in [4.69, 9.17) is 9.47 Å². The van der Waals surface area contributed by atoms with Crippen molar-refractivity contribution in [2.24, 2.45) is 0 Å². The summed E-state index contributed by atoms with van der Waals surface area (Å²) in [5, 5.41) is 49.8. The first-order valence-corrected chi connectivity index (χ1v) is 9.10. The van der Waals surface area contributed by atoms with E-state index < -0.39 is 18.3 Å². The predicted octanol–water partition coefficient (Wildman–Crippen LogP) is 1.76. The molecule has 0 radical (unpaired) electrons. The van der Waals surface area contributed by atoms with Crippen LogP contribution >= 0.6 is 0 Å². The zero-order valence-electron chi connectivity index (χ0n) is 16.1. The molecule has 0 spiro atoms. The Bertz CT molecular complexity index is 720. The Morgan fingerprint density at radius 2 is 1.39 bits per heavy atom. The molecule has 0 aliphatic rings. The van der Waals surface area contributed by atoms with E-state index in [1.807, 2.05) is 0 Å². The van der Waals surface area contributed by atoms with Gasteiger partial charge in [0.1, 0.15) is 5.75 Å². The molecule has 0 aliphatic carbocycles. The molecule has 0 heterocycles. The third-order valence-electron chi connectivity index (χ3n) is 4.64. The summed E-state index contributed by atoms with van der Waals surface area (Å²) in [6, 6.07) is 9.72. The lowest BCUT2D eigenvalue weighted by Crippen LogP contribution is -2.31. The van der Waals surface area contributed by atoms with Crippen LogP contribution in [-0.2, 0) is 12.8 Å². The molecule has 0 fully saturated rings. The second kappa shape index (κ2) is 10.2. The minimum atomic E-state index is -1.08. The summed E-state index contributed by atoms with van der Waals surface area (Å²) in [5.74, 6) is 0.625. The van der Waals surface area contributed by atoms with Gasteiger partial charge in [-0.2, -0.15) is 0 Å². The monoisotopic (exact) mass is 392 g/mol. The van der Waals surface area contributed by atoms with Crippen molar-refractivity contribution in [3.05, 3.63) is 47.5 Å². The Kier molecular flexibility index (Phi) is 7.92. The zero-order chi connectivity index (χ0) is 20.7. The van der Waals surface area contributed by atoms with Crippen LogP contribution in [0.3, 0.4) is 0 Å². The Balaban J connectivity index is 1.87. The molecule has 2 rings (SSSR count). The highest BCUT2D eigenvalue weighted by Crippen LogP contribution is 2.37. The summed E-state index contributed by atoms with van der Waals surface area (Å²) in [6.45, 7) is 0. The van der Waals surface area contributed by atoms with Gasteiger partial charge in [0, 0.05) is 12.8 Å². The van der Waals surface area contributed by atoms with Crippen LogP contribution in [0.1, 0.15) is 24.0 Å². The van der Waals surface area contributed by atoms with E-state index in [1.54, 1.807) is 24.3 Å². The van der Waals surface area contributed by atoms with Gasteiger partial charge in [-0.05, 0) is 48.2 Å². The van der Waals surface area contributed by atoms with Crippen molar-refractivity contribution >= 4 is 0 Å². The lowest BCUT2D eigenvalue weighted by atomic mass is 9.97. The van der Waals surface area contributed by atoms with Crippen molar-refractivity contribution in [1.82, 2.24) is 0 Å². The van der Waals surface area contributed by atoms with Gasteiger partial charge in [-0.25, -0.2) is 0 Å². The fourth-order valence-corrected chi connectivity index (χ4v) is 2.99. The molecule has 0 aromatic heterocycles. The summed E-state index contributed by atoms with van der Waals surface area (Å²) in [6.07, 6.45) is -1.81. The van der Waals surface area contributed by atoms with Crippen LogP contribution in [0.25, 0.3) is 0 Å². The number of methoxy groups -OCH3 is 2. The van der Waals surface area contributed by atoms with Crippen molar-refractivity contribution in [2.45, 2.75) is 44.0 Å². The van der Waals surface area contributed by atoms with Crippen LogP contribution < -0.4 is 9.47 Å². The van der Waals surface area contributed by atoms with Crippen molar-refractivity contribution in [3.63, 3.8) is 0 Å². The lowest BCUT2D eigenvalue weighted by Gasteiger charge is -2.21. The summed E-state index contributed by atoms with van der Waals surface area (Å²) >= 11 is 0. The van der Waals surface area contributed by atoms with Crippen molar-refractivity contribution in [2.75, 3.05) is 14.2 Å². The van der Waals surface area contributed by atoms with Gasteiger partial charge in [0.05, 0.1) is 32.5 Å². The van der Waals surface area contributed by atoms with Crippen molar-refractivity contribution in [1.29, 1.82) is 0 Å². The minimum Gasteiger partial charge on any atom is -0.508 e. The topological polar surface area (TPSA) is 120 Å². The van der Waals surface area contributed by atoms with Crippen LogP contribution in [0.15, 0.2) is 36.4 Å². The van der Waals surface area contributed by atoms with E-state index >= 15 is 0 Å². The largest absolute Gasteiger partial charge is 0.508 e. The number of phenols is 2. The van der Waals surface area contributed by atoms with Crippen LogP contribution in [-0.4, -0.2) is 58.1 Å². The first kappa shape index (κ1) is 21.8. The molecule has 5 N–H and O–H groups in total. The normalized spacial score (nSPS) is 14.3. The molecule has 7 nitrogen and oxygen atoms in total. The van der Waals surface area contributed by atoms with Crippen LogP contribution in [0, 0.1) is 0 Å². The van der Waals surface area contributed by atoms with Crippen molar-refractivity contribution < 1.29 is 35.0 Å². The van der Waals surface area contributed by atoms with Crippen LogP contribution in [0.4, 0.5) is 0 Å². The molecule has 0 saturated carbocycles. The molecule has 0 aliphatic heterocycles. The first-order chi connectivity index (χ1) is 13.3. The number of rotatable bonds is 10. The molecule has 154 valence electrons. The summed E-state index contributed by atoms with van der Waals surface area (Å²) in [7, 11) is 2.89. The highest BCUT2D eigenvalue weighted by atomic mass is 16.5. The second-order valence-electron chi connectivity index (χ2n) is 6.78.